The Labute approximate surface area is 161 Å². The second kappa shape index (κ2) is 8.12. The van der Waals surface area contributed by atoms with Crippen LogP contribution in [0.3, 0.4) is 0 Å². The fourth-order valence-electron chi connectivity index (χ4n) is 3.31. The van der Waals surface area contributed by atoms with Gasteiger partial charge in [-0.15, -0.1) is 22.7 Å². The monoisotopic (exact) mass is 383 g/mol. The molecule has 1 fully saturated rings. The Bertz CT molecular complexity index is 862. The molecule has 3 aromatic rings. The molecule has 1 aromatic carbocycles. The summed E-state index contributed by atoms with van der Waals surface area (Å²) >= 11 is 3.36. The van der Waals surface area contributed by atoms with Crippen LogP contribution in [0, 0.1) is 0 Å². The smallest absolute Gasteiger partial charge is 0.244 e. The third-order valence-electron chi connectivity index (χ3n) is 4.61. The van der Waals surface area contributed by atoms with Crippen molar-refractivity contribution in [2.75, 3.05) is 19.6 Å². The molecule has 4 nitrogen and oxygen atoms in total. The molecule has 2 aromatic heterocycles. The number of amides is 1. The second-order valence-electron chi connectivity index (χ2n) is 6.37. The lowest BCUT2D eigenvalue weighted by Crippen LogP contribution is -2.35. The van der Waals surface area contributed by atoms with Gasteiger partial charge in [-0.05, 0) is 55.6 Å². The van der Waals surface area contributed by atoms with Crippen LogP contribution in [0.15, 0.2) is 47.9 Å². The van der Waals surface area contributed by atoms with E-state index in [0.29, 0.717) is 6.54 Å². The van der Waals surface area contributed by atoms with Gasteiger partial charge in [-0.1, -0.05) is 18.2 Å². The summed E-state index contributed by atoms with van der Waals surface area (Å²) in [5, 5.41) is 6.03. The molecule has 1 aliphatic heterocycles. The third kappa shape index (κ3) is 4.03. The number of aromatic nitrogens is 1. The number of nitrogens with one attached hydrogen (secondary N) is 1. The van der Waals surface area contributed by atoms with Crippen LogP contribution in [0.2, 0.25) is 0 Å². The van der Waals surface area contributed by atoms with Crippen molar-refractivity contribution in [3.8, 4) is 0 Å². The lowest BCUT2D eigenvalue weighted by molar-refractivity contribution is -0.116. The van der Waals surface area contributed by atoms with E-state index >= 15 is 0 Å². The minimum absolute atomic E-state index is 0.0648. The van der Waals surface area contributed by atoms with Gasteiger partial charge in [0.1, 0.15) is 5.01 Å². The number of carbonyl (C=O) groups is 1. The minimum Gasteiger partial charge on any atom is -0.351 e. The highest BCUT2D eigenvalue weighted by Crippen LogP contribution is 2.28. The van der Waals surface area contributed by atoms with Crippen LogP contribution in [0.4, 0.5) is 0 Å². The molecule has 0 spiro atoms. The molecule has 3 heterocycles. The maximum absolute atomic E-state index is 12.3. The van der Waals surface area contributed by atoms with Crippen LogP contribution < -0.4 is 5.32 Å². The SMILES string of the molecule is O=C(C=Cc1nc2ccccc2s1)NCC(c1cccs1)N1CCCC1. The number of fused-ring (bicyclic) bond motifs is 1. The van der Waals surface area contributed by atoms with Crippen molar-refractivity contribution >= 4 is 44.9 Å². The number of para-hydroxylation sites is 1. The first-order valence-corrected chi connectivity index (χ1v) is 10.6. The zero-order chi connectivity index (χ0) is 17.8. The number of nitrogens with zero attached hydrogens (tertiary/aromatic N) is 2. The molecule has 6 heteroatoms. The maximum Gasteiger partial charge on any atom is 0.244 e. The van der Waals surface area contributed by atoms with Gasteiger partial charge >= 0.3 is 0 Å². The Hall–Kier alpha value is -2.02. The first-order chi connectivity index (χ1) is 12.8. The summed E-state index contributed by atoms with van der Waals surface area (Å²) in [6.45, 7) is 2.86. The van der Waals surface area contributed by atoms with E-state index in [1.807, 2.05) is 24.3 Å². The average molecular weight is 384 g/mol. The highest BCUT2D eigenvalue weighted by Gasteiger charge is 2.24. The highest BCUT2D eigenvalue weighted by atomic mass is 32.1. The predicted molar refractivity (Wildman–Crippen MR) is 110 cm³/mol. The normalized spacial score (nSPS) is 16.5. The fraction of sp³-hybridized carbons (Fsp3) is 0.300. The van der Waals surface area contributed by atoms with E-state index in [1.165, 1.54) is 17.7 Å². The quantitative estimate of drug-likeness (QED) is 0.645. The van der Waals surface area contributed by atoms with Crippen molar-refractivity contribution in [2.45, 2.75) is 18.9 Å². The van der Waals surface area contributed by atoms with Crippen molar-refractivity contribution in [2.24, 2.45) is 0 Å². The van der Waals surface area contributed by atoms with Crippen LogP contribution in [-0.2, 0) is 4.79 Å². The van der Waals surface area contributed by atoms with Crippen molar-refractivity contribution in [3.05, 3.63) is 57.7 Å². The van der Waals surface area contributed by atoms with E-state index in [0.717, 1.165) is 28.3 Å². The summed E-state index contributed by atoms with van der Waals surface area (Å²) in [4.78, 5) is 20.6. The van der Waals surface area contributed by atoms with Crippen LogP contribution >= 0.6 is 22.7 Å². The van der Waals surface area contributed by atoms with E-state index in [9.17, 15) is 4.79 Å². The molecule has 0 saturated carbocycles. The molecule has 1 atom stereocenters. The number of likely N-dealkylation sites (tertiary alicyclic amines) is 1. The summed E-state index contributed by atoms with van der Waals surface area (Å²) in [7, 11) is 0. The van der Waals surface area contributed by atoms with Gasteiger partial charge in [-0.25, -0.2) is 4.98 Å². The topological polar surface area (TPSA) is 45.2 Å². The highest BCUT2D eigenvalue weighted by molar-refractivity contribution is 7.19. The third-order valence-corrected chi connectivity index (χ3v) is 6.59. The number of carbonyl (C=O) groups excluding carboxylic acids is 1. The van der Waals surface area contributed by atoms with Gasteiger partial charge in [0.2, 0.25) is 5.91 Å². The van der Waals surface area contributed by atoms with Crippen LogP contribution in [-0.4, -0.2) is 35.4 Å². The molecule has 0 bridgehead atoms. The average Bonchev–Trinajstić information content (AvgIpc) is 3.40. The van der Waals surface area contributed by atoms with Gasteiger partial charge in [0.25, 0.3) is 0 Å². The van der Waals surface area contributed by atoms with Crippen molar-refractivity contribution in [1.29, 1.82) is 0 Å². The van der Waals surface area contributed by atoms with E-state index < -0.39 is 0 Å². The van der Waals surface area contributed by atoms with Gasteiger partial charge in [0.05, 0.1) is 16.3 Å². The maximum atomic E-state index is 12.3. The van der Waals surface area contributed by atoms with Gasteiger partial charge < -0.3 is 5.32 Å². The zero-order valence-electron chi connectivity index (χ0n) is 14.4. The minimum atomic E-state index is -0.0648. The summed E-state index contributed by atoms with van der Waals surface area (Å²) < 4.78 is 1.14. The standard InChI is InChI=1S/C20H21N3OS2/c24-19(9-10-20-22-15-6-1-2-7-17(15)26-20)21-14-16(18-8-5-13-25-18)23-11-3-4-12-23/h1-2,5-10,13,16H,3-4,11-12,14H2,(H,21,24). The van der Waals surface area contributed by atoms with Crippen molar-refractivity contribution in [1.82, 2.24) is 15.2 Å². The van der Waals surface area contributed by atoms with Crippen LogP contribution in [0.5, 0.6) is 0 Å². The molecule has 1 unspecified atom stereocenters. The van der Waals surface area contributed by atoms with Gasteiger partial charge in [0, 0.05) is 17.5 Å². The summed E-state index contributed by atoms with van der Waals surface area (Å²) in [5.41, 5.74) is 0.976. The van der Waals surface area contributed by atoms with E-state index in [4.69, 9.17) is 0 Å². The Kier molecular flexibility index (Phi) is 5.43. The van der Waals surface area contributed by atoms with Gasteiger partial charge in [0.15, 0.2) is 0 Å². The molecule has 0 radical (unpaired) electrons. The molecule has 26 heavy (non-hydrogen) atoms. The van der Waals surface area contributed by atoms with E-state index in [-0.39, 0.29) is 11.9 Å². The number of thiophene rings is 1. The first-order valence-electron chi connectivity index (χ1n) is 8.88. The molecule has 1 aliphatic rings. The Morgan fingerprint density at radius 3 is 2.85 bits per heavy atom. The Balaban J connectivity index is 1.38. The number of rotatable bonds is 6. The largest absolute Gasteiger partial charge is 0.351 e. The molecule has 134 valence electrons. The molecule has 1 saturated heterocycles. The Morgan fingerprint density at radius 1 is 1.23 bits per heavy atom. The molecular weight excluding hydrogens is 362 g/mol. The Morgan fingerprint density at radius 2 is 2.08 bits per heavy atom. The molecule has 1 amide bonds. The van der Waals surface area contributed by atoms with Crippen LogP contribution in [0.1, 0.15) is 28.8 Å². The fourth-order valence-corrected chi connectivity index (χ4v) is 5.04. The number of hydrogen-bond acceptors (Lipinski definition) is 5. The number of hydrogen-bond donors (Lipinski definition) is 1. The lowest BCUT2D eigenvalue weighted by atomic mass is 10.2. The molecule has 4 rings (SSSR count). The summed E-state index contributed by atoms with van der Waals surface area (Å²) in [6, 6.07) is 12.5. The van der Waals surface area contributed by atoms with Gasteiger partial charge in [-0.3, -0.25) is 9.69 Å². The van der Waals surface area contributed by atoms with Crippen molar-refractivity contribution < 1.29 is 4.79 Å². The molecular formula is C20H21N3OS2. The zero-order valence-corrected chi connectivity index (χ0v) is 16.1. The van der Waals surface area contributed by atoms with Crippen molar-refractivity contribution in [3.63, 3.8) is 0 Å². The van der Waals surface area contributed by atoms with Gasteiger partial charge in [-0.2, -0.15) is 0 Å². The summed E-state index contributed by atoms with van der Waals surface area (Å²) in [5.74, 6) is -0.0648. The number of thiazole rings is 1. The lowest BCUT2D eigenvalue weighted by Gasteiger charge is -2.26. The van der Waals surface area contributed by atoms with Crippen LogP contribution in [0.25, 0.3) is 16.3 Å². The van der Waals surface area contributed by atoms with E-state index in [2.05, 4.69) is 32.7 Å². The molecule has 0 aliphatic carbocycles. The first kappa shape index (κ1) is 17.4. The number of benzene rings is 1. The molecule has 1 N–H and O–H groups in total. The second-order valence-corrected chi connectivity index (χ2v) is 8.41. The van der Waals surface area contributed by atoms with E-state index in [1.54, 1.807) is 34.8 Å². The predicted octanol–water partition coefficient (Wildman–Crippen LogP) is 4.32. The summed E-state index contributed by atoms with van der Waals surface area (Å²) in [6.07, 6.45) is 5.88.